The summed E-state index contributed by atoms with van der Waals surface area (Å²) in [6.45, 7) is 3.80. The third kappa shape index (κ3) is 4.19. The fraction of sp³-hybridized carbons (Fsp3) is 0.353. The fourth-order valence-electron chi connectivity index (χ4n) is 2.39. The molecule has 6 nitrogen and oxygen atoms in total. The van der Waals surface area contributed by atoms with Crippen LogP contribution in [0.5, 0.6) is 0 Å². The predicted octanol–water partition coefficient (Wildman–Crippen LogP) is 2.54. The molecule has 1 heterocycles. The van der Waals surface area contributed by atoms with Crippen molar-refractivity contribution in [2.75, 3.05) is 17.6 Å². The minimum Gasteiger partial charge on any atom is -0.303 e. The number of sulfonamides is 1. The van der Waals surface area contributed by atoms with E-state index in [2.05, 4.69) is 9.97 Å². The zero-order valence-electron chi connectivity index (χ0n) is 14.5. The Hall–Kier alpha value is -2.35. The number of hydrogen-bond acceptors (Lipinski definition) is 5. The number of aromatic nitrogens is 2. The van der Waals surface area contributed by atoms with E-state index < -0.39 is 15.8 Å². The van der Waals surface area contributed by atoms with Crippen molar-refractivity contribution in [3.8, 4) is 11.3 Å². The second-order valence-electron chi connectivity index (χ2n) is 6.00. The second kappa shape index (κ2) is 7.26. The SMILES string of the molecule is CC(C)c1nc(N(C)S(C)(=O)=O)nc(-c2ccc(F)cc2)c1CC=O. The Balaban J connectivity index is 2.79. The molecule has 0 bridgehead atoms. The maximum atomic E-state index is 13.2. The molecule has 1 aromatic heterocycles. The van der Waals surface area contributed by atoms with Crippen LogP contribution in [0.2, 0.25) is 0 Å². The number of carbonyl (C=O) groups excluding carboxylic acids is 1. The molecule has 0 saturated heterocycles. The molecule has 0 aliphatic heterocycles. The number of aldehydes is 1. The molecule has 0 aliphatic carbocycles. The van der Waals surface area contributed by atoms with Gasteiger partial charge in [-0.05, 0) is 30.2 Å². The largest absolute Gasteiger partial charge is 0.303 e. The lowest BCUT2D eigenvalue weighted by molar-refractivity contribution is -0.107. The average Bonchev–Trinajstić information content (AvgIpc) is 2.54. The van der Waals surface area contributed by atoms with E-state index in [-0.39, 0.29) is 18.3 Å². The van der Waals surface area contributed by atoms with Gasteiger partial charge in [-0.2, -0.15) is 0 Å². The lowest BCUT2D eigenvalue weighted by atomic mass is 9.97. The molecule has 25 heavy (non-hydrogen) atoms. The Morgan fingerprint density at radius 2 is 1.80 bits per heavy atom. The highest BCUT2D eigenvalue weighted by Crippen LogP contribution is 2.30. The molecule has 0 fully saturated rings. The van der Waals surface area contributed by atoms with E-state index in [0.717, 1.165) is 16.8 Å². The molecular formula is C17H20FN3O3S. The van der Waals surface area contributed by atoms with Gasteiger partial charge in [-0.15, -0.1) is 0 Å². The van der Waals surface area contributed by atoms with Gasteiger partial charge in [0.05, 0.1) is 17.6 Å². The van der Waals surface area contributed by atoms with Crippen LogP contribution in [-0.4, -0.2) is 38.0 Å². The average molecular weight is 365 g/mol. The summed E-state index contributed by atoms with van der Waals surface area (Å²) in [6.07, 6.45) is 1.89. The maximum absolute atomic E-state index is 13.2. The van der Waals surface area contributed by atoms with E-state index >= 15 is 0 Å². The van der Waals surface area contributed by atoms with Gasteiger partial charge >= 0.3 is 0 Å². The summed E-state index contributed by atoms with van der Waals surface area (Å²) in [6, 6.07) is 5.66. The van der Waals surface area contributed by atoms with Gasteiger partial charge in [0, 0.05) is 24.6 Å². The molecule has 1 aromatic carbocycles. The van der Waals surface area contributed by atoms with Gasteiger partial charge < -0.3 is 4.79 Å². The van der Waals surface area contributed by atoms with Crippen molar-refractivity contribution in [3.05, 3.63) is 41.3 Å². The Labute approximate surface area is 146 Å². The van der Waals surface area contributed by atoms with Crippen LogP contribution in [0.15, 0.2) is 24.3 Å². The minimum absolute atomic E-state index is 0.0140. The molecule has 0 amide bonds. The van der Waals surface area contributed by atoms with Crippen molar-refractivity contribution in [2.45, 2.75) is 26.2 Å². The highest BCUT2D eigenvalue weighted by molar-refractivity contribution is 7.92. The molecule has 0 spiro atoms. The molecule has 134 valence electrons. The van der Waals surface area contributed by atoms with E-state index in [1.165, 1.54) is 19.2 Å². The molecule has 8 heteroatoms. The van der Waals surface area contributed by atoms with Crippen LogP contribution in [0, 0.1) is 5.82 Å². The van der Waals surface area contributed by atoms with Crippen LogP contribution in [-0.2, 0) is 21.2 Å². The number of halogens is 1. The number of anilines is 1. The van der Waals surface area contributed by atoms with E-state index in [1.54, 1.807) is 12.1 Å². The number of hydrogen-bond donors (Lipinski definition) is 0. The highest BCUT2D eigenvalue weighted by Gasteiger charge is 2.22. The molecule has 0 atom stereocenters. The second-order valence-corrected chi connectivity index (χ2v) is 8.01. The van der Waals surface area contributed by atoms with Crippen LogP contribution >= 0.6 is 0 Å². The summed E-state index contributed by atoms with van der Waals surface area (Å²) in [5, 5.41) is 0. The van der Waals surface area contributed by atoms with Crippen LogP contribution in [0.1, 0.15) is 31.0 Å². The first-order chi connectivity index (χ1) is 11.6. The Morgan fingerprint density at radius 1 is 1.20 bits per heavy atom. The van der Waals surface area contributed by atoms with Crippen molar-refractivity contribution in [1.29, 1.82) is 0 Å². The van der Waals surface area contributed by atoms with Crippen molar-refractivity contribution >= 4 is 22.3 Å². The van der Waals surface area contributed by atoms with Gasteiger partial charge in [0.2, 0.25) is 16.0 Å². The number of nitrogens with zero attached hydrogens (tertiary/aromatic N) is 3. The molecule has 0 saturated carbocycles. The van der Waals surface area contributed by atoms with Crippen LogP contribution in [0.4, 0.5) is 10.3 Å². The summed E-state index contributed by atoms with van der Waals surface area (Å²) < 4.78 is 37.9. The van der Waals surface area contributed by atoms with E-state index in [4.69, 9.17) is 0 Å². The number of carbonyl (C=O) groups is 1. The predicted molar refractivity (Wildman–Crippen MR) is 94.5 cm³/mol. The maximum Gasteiger partial charge on any atom is 0.239 e. The standard InChI is InChI=1S/C17H20FN3O3S/c1-11(2)15-14(9-10-22)16(12-5-7-13(18)8-6-12)20-17(19-15)21(3)25(4,23)24/h5-8,10-11H,9H2,1-4H3. The first-order valence-corrected chi connectivity index (χ1v) is 9.54. The number of rotatable bonds is 6. The third-order valence-corrected chi connectivity index (χ3v) is 4.92. The first kappa shape index (κ1) is 19.0. The Bertz CT molecular complexity index is 881. The molecule has 0 radical (unpaired) electrons. The first-order valence-electron chi connectivity index (χ1n) is 7.69. The van der Waals surface area contributed by atoms with Gasteiger partial charge in [-0.3, -0.25) is 0 Å². The van der Waals surface area contributed by atoms with Crippen LogP contribution in [0.25, 0.3) is 11.3 Å². The normalized spacial score (nSPS) is 11.6. The van der Waals surface area contributed by atoms with Gasteiger partial charge in [0.25, 0.3) is 0 Å². The van der Waals surface area contributed by atoms with E-state index in [1.807, 2.05) is 13.8 Å². The summed E-state index contributed by atoms with van der Waals surface area (Å²) >= 11 is 0. The van der Waals surface area contributed by atoms with Gasteiger partial charge in [-0.1, -0.05) is 13.8 Å². The van der Waals surface area contributed by atoms with Crippen molar-refractivity contribution in [2.24, 2.45) is 0 Å². The monoisotopic (exact) mass is 365 g/mol. The number of benzene rings is 1. The molecule has 2 rings (SSSR count). The smallest absolute Gasteiger partial charge is 0.239 e. The summed E-state index contributed by atoms with van der Waals surface area (Å²) in [5.74, 6) is -0.434. The van der Waals surface area contributed by atoms with Gasteiger partial charge in [-0.25, -0.2) is 27.1 Å². The summed E-state index contributed by atoms with van der Waals surface area (Å²) in [7, 11) is -2.19. The van der Waals surface area contributed by atoms with Gasteiger partial charge in [0.1, 0.15) is 12.1 Å². The van der Waals surface area contributed by atoms with Gasteiger partial charge in [0.15, 0.2) is 0 Å². The Morgan fingerprint density at radius 3 is 2.28 bits per heavy atom. The van der Waals surface area contributed by atoms with E-state index in [9.17, 15) is 17.6 Å². The zero-order chi connectivity index (χ0) is 18.8. The summed E-state index contributed by atoms with van der Waals surface area (Å²) in [4.78, 5) is 19.9. The molecule has 0 aliphatic rings. The van der Waals surface area contributed by atoms with Crippen molar-refractivity contribution in [1.82, 2.24) is 9.97 Å². The molecule has 0 N–H and O–H groups in total. The summed E-state index contributed by atoms with van der Waals surface area (Å²) in [5.41, 5.74) is 2.22. The topological polar surface area (TPSA) is 80.2 Å². The molecule has 0 unspecified atom stereocenters. The molecule has 2 aromatic rings. The zero-order valence-corrected chi connectivity index (χ0v) is 15.3. The lowest BCUT2D eigenvalue weighted by Gasteiger charge is -2.20. The lowest BCUT2D eigenvalue weighted by Crippen LogP contribution is -2.28. The van der Waals surface area contributed by atoms with Crippen LogP contribution < -0.4 is 4.31 Å². The van der Waals surface area contributed by atoms with Crippen molar-refractivity contribution < 1.29 is 17.6 Å². The van der Waals surface area contributed by atoms with Crippen molar-refractivity contribution in [3.63, 3.8) is 0 Å². The quantitative estimate of drug-likeness (QED) is 0.735. The fourth-order valence-corrected chi connectivity index (χ4v) is 2.77. The van der Waals surface area contributed by atoms with Crippen LogP contribution in [0.3, 0.4) is 0 Å². The molecular weight excluding hydrogens is 345 g/mol. The Kier molecular flexibility index (Phi) is 5.52. The highest BCUT2D eigenvalue weighted by atomic mass is 32.2. The minimum atomic E-state index is -3.55. The van der Waals surface area contributed by atoms with E-state index in [0.29, 0.717) is 22.5 Å². The third-order valence-electron chi connectivity index (χ3n) is 3.76.